The molecule has 0 radical (unpaired) electrons. The number of unbranched alkanes of at least 4 members (excludes halogenated alkanes) is 6. The second-order valence-corrected chi connectivity index (χ2v) is 24.7. The van der Waals surface area contributed by atoms with Crippen molar-refractivity contribution in [1.82, 2.24) is 45.7 Å². The number of pyridine rings is 1. The number of halogens is 2. The molecule has 3 aromatic heterocycles. The zero-order valence-electron chi connectivity index (χ0n) is 47.4. The van der Waals surface area contributed by atoms with E-state index in [0.29, 0.717) is 77.5 Å². The number of nitrogens with zero attached hydrogens (tertiary/aromatic N) is 7. The lowest BCUT2D eigenvalue weighted by atomic mass is 9.85. The van der Waals surface area contributed by atoms with Gasteiger partial charge in [-0.25, -0.2) is 13.8 Å². The third-order valence-corrected chi connectivity index (χ3v) is 17.8. The fourth-order valence-corrected chi connectivity index (χ4v) is 13.2. The molecule has 3 aromatic carbocycles. The molecule has 4 aliphatic heterocycles. The molecule has 4 saturated heterocycles. The van der Waals surface area contributed by atoms with Crippen LogP contribution in [-0.4, -0.2) is 133 Å². The molecule has 81 heavy (non-hydrogen) atoms. The number of β-amino-alcohol motifs (C(OH)–C–C–N with tert-alkyl or cyclic N) is 1. The molecule has 19 heteroatoms. The first-order valence-corrected chi connectivity index (χ1v) is 30.1. The molecular weight excluding hydrogens is 1050 g/mol. The van der Waals surface area contributed by atoms with E-state index in [1.54, 1.807) is 29.7 Å². The van der Waals surface area contributed by atoms with Gasteiger partial charge < -0.3 is 45.6 Å². The number of carbonyl (C=O) groups is 3. The Morgan fingerprint density at radius 3 is 2.31 bits per heavy atom. The van der Waals surface area contributed by atoms with Crippen molar-refractivity contribution in [3.8, 4) is 33.5 Å². The number of aliphatic hydroxyl groups is 1. The molecule has 16 nitrogen and oxygen atoms in total. The normalized spacial score (nSPS) is 20.1. The summed E-state index contributed by atoms with van der Waals surface area (Å²) in [4.78, 5) is 66.8. The zero-order chi connectivity index (χ0) is 57.0. The lowest BCUT2D eigenvalue weighted by Gasteiger charge is -2.35. The van der Waals surface area contributed by atoms with Gasteiger partial charge in [0.15, 0.2) is 5.82 Å². The van der Waals surface area contributed by atoms with Gasteiger partial charge in [-0.05, 0) is 109 Å². The summed E-state index contributed by atoms with van der Waals surface area (Å²) in [5, 5.41) is 32.6. The number of fused-ring (bicyclic) bond motifs is 4. The quantitative estimate of drug-likeness (QED) is 0.0428. The maximum Gasteiger partial charge on any atom is 0.319 e. The monoisotopic (exact) mass is 1130 g/mol. The van der Waals surface area contributed by atoms with Crippen LogP contribution in [-0.2, 0) is 27.3 Å². The first kappa shape index (κ1) is 57.8. The highest BCUT2D eigenvalue weighted by atomic mass is 32.1. The van der Waals surface area contributed by atoms with Crippen molar-refractivity contribution >= 4 is 56.6 Å². The van der Waals surface area contributed by atoms with Crippen LogP contribution in [0.4, 0.5) is 14.6 Å². The van der Waals surface area contributed by atoms with Crippen molar-refractivity contribution in [1.29, 1.82) is 0 Å². The number of rotatable bonds is 21. The molecule has 432 valence electrons. The van der Waals surface area contributed by atoms with Crippen molar-refractivity contribution in [2.75, 3.05) is 44.2 Å². The lowest BCUT2D eigenvalue weighted by molar-refractivity contribution is -0.144. The second kappa shape index (κ2) is 25.4. The number of carbonyl (C=O) groups excluding carboxylic acids is 3. The smallest absolute Gasteiger partial charge is 0.319 e. The number of phenols is 1. The molecule has 4 aliphatic rings. The van der Waals surface area contributed by atoms with Crippen molar-refractivity contribution in [2.24, 2.45) is 5.41 Å². The van der Waals surface area contributed by atoms with Crippen LogP contribution in [0.5, 0.6) is 11.8 Å². The fourth-order valence-electron chi connectivity index (χ4n) is 12.4. The molecule has 6 aromatic rings. The average molecular weight is 1130 g/mol. The van der Waals surface area contributed by atoms with Crippen molar-refractivity contribution in [2.45, 2.75) is 167 Å². The number of phenolic OH excluding ortho intramolecular Hbond substituents is 1. The van der Waals surface area contributed by atoms with Gasteiger partial charge in [-0.3, -0.25) is 19.4 Å². The molecule has 2 bridgehead atoms. The van der Waals surface area contributed by atoms with E-state index < -0.39 is 35.2 Å². The minimum atomic E-state index is -0.862. The summed E-state index contributed by atoms with van der Waals surface area (Å²) >= 11 is 1.58. The number of hydrogen-bond acceptors (Lipinski definition) is 14. The highest BCUT2D eigenvalue weighted by Gasteiger charge is 2.44. The number of ether oxygens (including phenoxy) is 1. The first-order valence-electron chi connectivity index (χ1n) is 29.3. The minimum absolute atomic E-state index is 0.0216. The molecule has 0 spiro atoms. The predicted molar refractivity (Wildman–Crippen MR) is 312 cm³/mol. The van der Waals surface area contributed by atoms with Gasteiger partial charge >= 0.3 is 6.01 Å². The number of likely N-dealkylation sites (tertiary alicyclic amines) is 2. The van der Waals surface area contributed by atoms with E-state index >= 15 is 8.78 Å². The number of nitrogens with one attached hydrogen (secondary N) is 3. The Hall–Kier alpha value is -6.41. The van der Waals surface area contributed by atoms with E-state index in [9.17, 15) is 24.6 Å². The zero-order valence-corrected chi connectivity index (χ0v) is 48.2. The summed E-state index contributed by atoms with van der Waals surface area (Å²) in [6, 6.07) is 12.9. The Morgan fingerprint density at radius 2 is 1.62 bits per heavy atom. The average Bonchev–Trinajstić information content (AvgIpc) is 4.22. The van der Waals surface area contributed by atoms with Crippen LogP contribution in [0, 0.1) is 24.0 Å². The van der Waals surface area contributed by atoms with Gasteiger partial charge in [-0.1, -0.05) is 90.1 Å². The SMILES string of the molecule is CCc1c(F)ccc2cc(O)cc(-c3ncc4c(N5CC6CCC(C5)N6)nc(OC5CCN(CCCCCCCCCC(=O)NC(C(=O)N6C[C@@H](O)C[C@@H]6C(=O)NCc6ccc(-c7scnc7C)cc6)C(C)(C)C)CC5)nc4c3F)c12. The topological polar surface area (TPSA) is 198 Å². The van der Waals surface area contributed by atoms with Crippen LogP contribution >= 0.6 is 11.3 Å². The number of aromatic hydroxyl groups is 1. The highest BCUT2D eigenvalue weighted by Crippen LogP contribution is 2.40. The summed E-state index contributed by atoms with van der Waals surface area (Å²) in [6.07, 6.45) is 12.1. The van der Waals surface area contributed by atoms with Gasteiger partial charge in [0, 0.05) is 76.0 Å². The Bertz CT molecular complexity index is 3210. The van der Waals surface area contributed by atoms with E-state index in [1.165, 1.54) is 17.0 Å². The largest absolute Gasteiger partial charge is 0.508 e. The van der Waals surface area contributed by atoms with Gasteiger partial charge in [0.1, 0.15) is 46.8 Å². The summed E-state index contributed by atoms with van der Waals surface area (Å²) in [6.45, 7) is 14.0. The van der Waals surface area contributed by atoms with Gasteiger partial charge in [0.05, 0.1) is 27.6 Å². The molecule has 4 fully saturated rings. The van der Waals surface area contributed by atoms with E-state index in [-0.39, 0.29) is 66.3 Å². The van der Waals surface area contributed by atoms with E-state index in [4.69, 9.17) is 14.7 Å². The number of hydrogen-bond donors (Lipinski definition) is 5. The number of aliphatic hydroxyl groups excluding tert-OH is 1. The molecule has 3 amide bonds. The van der Waals surface area contributed by atoms with Gasteiger partial charge in [-0.2, -0.15) is 9.97 Å². The van der Waals surface area contributed by atoms with Gasteiger partial charge in [0.2, 0.25) is 17.7 Å². The summed E-state index contributed by atoms with van der Waals surface area (Å²) in [5.74, 6) is -1.46. The number of piperidine rings is 1. The summed E-state index contributed by atoms with van der Waals surface area (Å²) < 4.78 is 38.9. The van der Waals surface area contributed by atoms with Crippen LogP contribution in [0.15, 0.2) is 60.2 Å². The Morgan fingerprint density at radius 1 is 0.901 bits per heavy atom. The number of anilines is 1. The lowest BCUT2D eigenvalue weighted by Crippen LogP contribution is -2.57. The fraction of sp³-hybridized carbons (Fsp3) is 0.532. The molecule has 3 unspecified atom stereocenters. The van der Waals surface area contributed by atoms with E-state index in [0.717, 1.165) is 106 Å². The van der Waals surface area contributed by atoms with Crippen molar-refractivity contribution in [3.05, 3.63) is 88.7 Å². The van der Waals surface area contributed by atoms with Crippen LogP contribution in [0.2, 0.25) is 0 Å². The standard InChI is InChI=1S/C62H78F2N10O6S/c1-6-46-49(63)22-19-40-28-43(75)29-47(52(40)46)54-53(64)55-48(32-65-54)58(73-33-41-20-21-42(34-73)68-41)71-61(70-55)80-45-23-26-72(27-24-45)25-13-11-9-7-8-10-12-14-51(77)69-57(62(3,4)5)60(79)74-35-44(76)30-50(74)59(78)66-31-38-15-17-39(18-16-38)56-37(2)67-36-81-56/h15-19,22,28-29,32,36,41-42,44-45,50,57,68,75-76H,6-14,20-21,23-27,30-31,33-35H2,1-5H3,(H,66,78)(H,69,77)/t41?,42?,44-,50+,57?/m0/s1. The minimum Gasteiger partial charge on any atom is -0.508 e. The van der Waals surface area contributed by atoms with Crippen LogP contribution in [0.3, 0.4) is 0 Å². The first-order chi connectivity index (χ1) is 39.0. The van der Waals surface area contributed by atoms with Crippen molar-refractivity contribution in [3.63, 3.8) is 0 Å². The molecule has 5 atom stereocenters. The van der Waals surface area contributed by atoms with E-state index in [2.05, 4.69) is 35.7 Å². The third kappa shape index (κ3) is 13.4. The number of amides is 3. The van der Waals surface area contributed by atoms with Crippen LogP contribution < -0.4 is 25.6 Å². The Labute approximate surface area is 477 Å². The second-order valence-electron chi connectivity index (χ2n) is 23.9. The van der Waals surface area contributed by atoms with Gasteiger partial charge in [-0.15, -0.1) is 11.3 Å². The summed E-state index contributed by atoms with van der Waals surface area (Å²) in [7, 11) is 0. The van der Waals surface area contributed by atoms with Gasteiger partial charge in [0.25, 0.3) is 0 Å². The van der Waals surface area contributed by atoms with Crippen molar-refractivity contribution < 1.29 is 38.1 Å². The molecule has 10 rings (SSSR count). The predicted octanol–water partition coefficient (Wildman–Crippen LogP) is 9.54. The third-order valence-electron chi connectivity index (χ3n) is 16.8. The number of aromatic nitrogens is 4. The number of piperazine rings is 1. The molecule has 0 aliphatic carbocycles. The molecular formula is C62H78F2N10O6S. The highest BCUT2D eigenvalue weighted by molar-refractivity contribution is 7.13. The van der Waals surface area contributed by atoms with Crippen LogP contribution in [0.1, 0.15) is 128 Å². The molecule has 7 heterocycles. The Kier molecular flexibility index (Phi) is 18.1. The van der Waals surface area contributed by atoms with Crippen LogP contribution in [0.25, 0.3) is 43.4 Å². The Balaban J connectivity index is 0.660. The maximum absolute atomic E-state index is 17.1. The number of benzene rings is 3. The maximum atomic E-state index is 17.1. The molecule has 0 saturated carbocycles. The summed E-state index contributed by atoms with van der Waals surface area (Å²) in [5.41, 5.74) is 4.91. The number of aryl methyl sites for hydroxylation is 2. The van der Waals surface area contributed by atoms with E-state index in [1.807, 2.05) is 64.4 Å². The number of thiazole rings is 1. The molecule has 5 N–H and O–H groups in total.